The first-order chi connectivity index (χ1) is 12.9. The molecule has 2 heterocycles. The first-order valence-corrected chi connectivity index (χ1v) is 8.92. The highest BCUT2D eigenvalue weighted by atomic mass is 32.2. The highest BCUT2D eigenvalue weighted by Crippen LogP contribution is 2.28. The fourth-order valence-corrected chi connectivity index (χ4v) is 3.46. The van der Waals surface area contributed by atoms with Crippen molar-refractivity contribution in [2.24, 2.45) is 0 Å². The van der Waals surface area contributed by atoms with Crippen LogP contribution in [0.5, 0.6) is 0 Å². The fourth-order valence-electron chi connectivity index (χ4n) is 2.41. The molecule has 1 unspecified atom stereocenters. The van der Waals surface area contributed by atoms with E-state index in [1.807, 2.05) is 0 Å². The fraction of sp³-hybridized carbons (Fsp3) is 0.294. The van der Waals surface area contributed by atoms with Crippen LogP contribution in [-0.2, 0) is 16.1 Å². The van der Waals surface area contributed by atoms with Gasteiger partial charge in [0.2, 0.25) is 5.91 Å². The number of benzene rings is 1. The van der Waals surface area contributed by atoms with E-state index in [9.17, 15) is 14.0 Å². The van der Waals surface area contributed by atoms with Crippen LogP contribution < -0.4 is 0 Å². The topological polar surface area (TPSA) is 93.9 Å². The molecule has 1 aromatic carbocycles. The van der Waals surface area contributed by atoms with E-state index >= 15 is 0 Å². The van der Waals surface area contributed by atoms with Gasteiger partial charge in [-0.2, -0.15) is 0 Å². The molecule has 3 aromatic rings. The zero-order valence-electron chi connectivity index (χ0n) is 15.0. The van der Waals surface area contributed by atoms with Crippen LogP contribution in [0.1, 0.15) is 12.5 Å². The summed E-state index contributed by atoms with van der Waals surface area (Å²) in [6.45, 7) is 1.50. The van der Waals surface area contributed by atoms with Crippen molar-refractivity contribution in [2.45, 2.75) is 23.7 Å². The molecule has 0 spiro atoms. The van der Waals surface area contributed by atoms with Crippen molar-refractivity contribution in [3.05, 3.63) is 42.0 Å². The van der Waals surface area contributed by atoms with Gasteiger partial charge in [-0.3, -0.25) is 9.59 Å². The molecular formula is C17H17FN6O2S. The standard InChI is InChI=1S/C17H17FN6O2S/c1-10(25)14(17(26)23(2)3)27-16-13-15(19-9-20-16)24(22-21-13)8-11-6-4-5-7-12(11)18/h4-7,9,14H,8H2,1-3H3. The number of fused-ring (bicyclic) bond motifs is 1. The minimum absolute atomic E-state index is 0.150. The molecule has 1 amide bonds. The number of amides is 1. The molecule has 140 valence electrons. The molecule has 1 atom stereocenters. The van der Waals surface area contributed by atoms with Gasteiger partial charge in [-0.15, -0.1) is 5.10 Å². The van der Waals surface area contributed by atoms with Gasteiger partial charge in [0.1, 0.15) is 22.4 Å². The van der Waals surface area contributed by atoms with Gasteiger partial charge in [0.15, 0.2) is 16.9 Å². The van der Waals surface area contributed by atoms with Gasteiger partial charge in [-0.05, 0) is 13.0 Å². The maximum Gasteiger partial charge on any atom is 0.243 e. The molecule has 2 aromatic heterocycles. The third-order valence-electron chi connectivity index (χ3n) is 3.81. The van der Waals surface area contributed by atoms with Crippen molar-refractivity contribution in [3.63, 3.8) is 0 Å². The first kappa shape index (κ1) is 18.9. The van der Waals surface area contributed by atoms with E-state index in [0.29, 0.717) is 21.8 Å². The van der Waals surface area contributed by atoms with E-state index in [1.54, 1.807) is 32.3 Å². The number of aromatic nitrogens is 5. The number of hydrogen-bond acceptors (Lipinski definition) is 7. The highest BCUT2D eigenvalue weighted by Gasteiger charge is 2.28. The highest BCUT2D eigenvalue weighted by molar-refractivity contribution is 8.01. The summed E-state index contributed by atoms with van der Waals surface area (Å²) in [6, 6.07) is 6.37. The van der Waals surface area contributed by atoms with Crippen molar-refractivity contribution < 1.29 is 14.0 Å². The molecule has 27 heavy (non-hydrogen) atoms. The summed E-state index contributed by atoms with van der Waals surface area (Å²) in [6.07, 6.45) is 1.31. The Morgan fingerprint density at radius 3 is 2.67 bits per heavy atom. The van der Waals surface area contributed by atoms with Crippen molar-refractivity contribution in [2.75, 3.05) is 14.1 Å². The minimum atomic E-state index is -0.935. The number of carbonyl (C=O) groups is 2. The number of rotatable bonds is 6. The number of hydrogen-bond donors (Lipinski definition) is 0. The van der Waals surface area contributed by atoms with E-state index in [0.717, 1.165) is 11.8 Å². The minimum Gasteiger partial charge on any atom is -0.347 e. The lowest BCUT2D eigenvalue weighted by Gasteiger charge is -2.17. The Morgan fingerprint density at radius 1 is 1.26 bits per heavy atom. The molecule has 0 aliphatic rings. The van der Waals surface area contributed by atoms with E-state index in [2.05, 4.69) is 20.3 Å². The summed E-state index contributed by atoms with van der Waals surface area (Å²) in [4.78, 5) is 33.9. The predicted octanol–water partition coefficient (Wildman–Crippen LogP) is 1.55. The van der Waals surface area contributed by atoms with E-state index in [4.69, 9.17) is 0 Å². The second kappa shape index (κ2) is 7.78. The molecule has 3 rings (SSSR count). The Morgan fingerprint density at radius 2 is 2.00 bits per heavy atom. The Bertz CT molecular complexity index is 1010. The third kappa shape index (κ3) is 3.95. The molecule has 0 fully saturated rings. The summed E-state index contributed by atoms with van der Waals surface area (Å²) >= 11 is 1.00. The SMILES string of the molecule is CC(=O)C(Sc1ncnc2c1nnn2Cc1ccccc1F)C(=O)N(C)C. The van der Waals surface area contributed by atoms with Gasteiger partial charge in [0, 0.05) is 19.7 Å². The summed E-state index contributed by atoms with van der Waals surface area (Å²) in [5.41, 5.74) is 1.20. The average molecular weight is 388 g/mol. The Balaban J connectivity index is 1.95. The van der Waals surface area contributed by atoms with Crippen molar-refractivity contribution >= 4 is 34.6 Å². The summed E-state index contributed by atoms with van der Waals surface area (Å²) in [7, 11) is 3.16. The zero-order valence-corrected chi connectivity index (χ0v) is 15.8. The zero-order chi connectivity index (χ0) is 19.6. The Hall–Kier alpha value is -2.88. The molecule has 8 nitrogen and oxygen atoms in total. The van der Waals surface area contributed by atoms with Gasteiger partial charge < -0.3 is 4.90 Å². The van der Waals surface area contributed by atoms with E-state index < -0.39 is 5.25 Å². The lowest BCUT2D eigenvalue weighted by atomic mass is 10.2. The lowest BCUT2D eigenvalue weighted by molar-refractivity contribution is -0.132. The number of ketones is 1. The van der Waals surface area contributed by atoms with Gasteiger partial charge in [-0.25, -0.2) is 19.0 Å². The number of halogens is 1. The van der Waals surface area contributed by atoms with Crippen LogP contribution >= 0.6 is 11.8 Å². The van der Waals surface area contributed by atoms with E-state index in [1.165, 1.54) is 28.9 Å². The number of Topliss-reactive ketones (excluding diaryl/α,β-unsaturated/α-hetero) is 1. The van der Waals surface area contributed by atoms with Crippen LogP contribution in [0.3, 0.4) is 0 Å². The van der Waals surface area contributed by atoms with Crippen LogP contribution in [0.2, 0.25) is 0 Å². The molecule has 0 aliphatic carbocycles. The number of carbonyl (C=O) groups excluding carboxylic acids is 2. The van der Waals surface area contributed by atoms with Gasteiger partial charge in [0.25, 0.3) is 0 Å². The smallest absolute Gasteiger partial charge is 0.243 e. The number of thioether (sulfide) groups is 1. The molecule has 0 saturated carbocycles. The van der Waals surface area contributed by atoms with Crippen molar-refractivity contribution in [1.82, 2.24) is 29.9 Å². The van der Waals surface area contributed by atoms with Gasteiger partial charge >= 0.3 is 0 Å². The van der Waals surface area contributed by atoms with Crippen LogP contribution in [-0.4, -0.2) is 60.9 Å². The van der Waals surface area contributed by atoms with Gasteiger partial charge in [-0.1, -0.05) is 35.2 Å². The normalized spacial score (nSPS) is 12.1. The maximum absolute atomic E-state index is 13.9. The average Bonchev–Trinajstić information content (AvgIpc) is 3.04. The second-order valence-corrected chi connectivity index (χ2v) is 7.12. The number of nitrogens with zero attached hydrogens (tertiary/aromatic N) is 6. The van der Waals surface area contributed by atoms with Crippen molar-refractivity contribution in [1.29, 1.82) is 0 Å². The second-order valence-electron chi connectivity index (χ2n) is 6.03. The third-order valence-corrected chi connectivity index (χ3v) is 5.10. The molecule has 0 saturated heterocycles. The van der Waals surface area contributed by atoms with Crippen LogP contribution in [0.15, 0.2) is 35.6 Å². The Labute approximate surface area is 158 Å². The van der Waals surface area contributed by atoms with Gasteiger partial charge in [0.05, 0.1) is 6.54 Å². The quantitative estimate of drug-likeness (QED) is 0.359. The first-order valence-electron chi connectivity index (χ1n) is 8.04. The molecule has 0 N–H and O–H groups in total. The monoisotopic (exact) mass is 388 g/mol. The predicted molar refractivity (Wildman–Crippen MR) is 97.6 cm³/mol. The molecule has 0 radical (unpaired) electrons. The Kier molecular flexibility index (Phi) is 5.45. The summed E-state index contributed by atoms with van der Waals surface area (Å²) in [5.74, 6) is -0.972. The molecular weight excluding hydrogens is 371 g/mol. The maximum atomic E-state index is 13.9. The summed E-state index contributed by atoms with van der Waals surface area (Å²) < 4.78 is 15.4. The molecule has 10 heteroatoms. The largest absolute Gasteiger partial charge is 0.347 e. The summed E-state index contributed by atoms with van der Waals surface area (Å²) in [5, 5.41) is 7.53. The molecule has 0 aliphatic heterocycles. The van der Waals surface area contributed by atoms with Crippen LogP contribution in [0.25, 0.3) is 11.2 Å². The lowest BCUT2D eigenvalue weighted by Crippen LogP contribution is -2.36. The van der Waals surface area contributed by atoms with Crippen molar-refractivity contribution in [3.8, 4) is 0 Å². The van der Waals surface area contributed by atoms with Crippen LogP contribution in [0, 0.1) is 5.82 Å². The van der Waals surface area contributed by atoms with Crippen LogP contribution in [0.4, 0.5) is 4.39 Å². The van der Waals surface area contributed by atoms with E-state index in [-0.39, 0.29) is 24.1 Å². The molecule has 0 bridgehead atoms.